The van der Waals surface area contributed by atoms with E-state index in [-0.39, 0.29) is 6.04 Å². The van der Waals surface area contributed by atoms with Gasteiger partial charge >= 0.3 is 0 Å². The number of nitrogens with zero attached hydrogens (tertiary/aromatic N) is 2. The third-order valence-corrected chi connectivity index (χ3v) is 3.40. The molecule has 1 aromatic heterocycles. The maximum Gasteiger partial charge on any atom is 0.120 e. The molecule has 2 N–H and O–H groups in total. The molecule has 0 spiro atoms. The maximum absolute atomic E-state index is 9.88. The summed E-state index contributed by atoms with van der Waals surface area (Å²) in [6.45, 7) is 4.96. The van der Waals surface area contributed by atoms with Gasteiger partial charge in [0.1, 0.15) is 5.75 Å². The number of nitrogens with one attached hydrogen (secondary N) is 1. The first kappa shape index (κ1) is 13.6. The van der Waals surface area contributed by atoms with Gasteiger partial charge in [0.25, 0.3) is 0 Å². The lowest BCUT2D eigenvalue weighted by molar-refractivity contribution is 0.452. The number of rotatable bonds is 5. The van der Waals surface area contributed by atoms with E-state index in [1.807, 2.05) is 43.0 Å². The molecular formula is C15H21N3O. The van der Waals surface area contributed by atoms with Crippen LogP contribution in [0.5, 0.6) is 5.75 Å². The highest BCUT2D eigenvalue weighted by Gasteiger charge is 2.10. The Morgan fingerprint density at radius 1 is 1.37 bits per heavy atom. The van der Waals surface area contributed by atoms with Crippen molar-refractivity contribution in [1.82, 2.24) is 15.1 Å². The smallest absolute Gasteiger partial charge is 0.120 e. The topological polar surface area (TPSA) is 50.1 Å². The van der Waals surface area contributed by atoms with Crippen LogP contribution in [0.3, 0.4) is 0 Å². The van der Waals surface area contributed by atoms with Crippen molar-refractivity contribution in [3.8, 4) is 5.75 Å². The third-order valence-electron chi connectivity index (χ3n) is 3.40. The third kappa shape index (κ3) is 3.35. The Hall–Kier alpha value is -1.81. The number of phenols is 1. The van der Waals surface area contributed by atoms with Gasteiger partial charge in [-0.3, -0.25) is 4.68 Å². The predicted molar refractivity (Wildman–Crippen MR) is 76.2 cm³/mol. The van der Waals surface area contributed by atoms with Crippen LogP contribution in [0.4, 0.5) is 0 Å². The van der Waals surface area contributed by atoms with Crippen LogP contribution in [-0.4, -0.2) is 21.4 Å². The normalized spacial score (nSPS) is 12.6. The molecule has 1 atom stereocenters. The SMILES string of the molecule is Cc1ccc(O)c(C(C)NCCc2ccnn2C)c1. The van der Waals surface area contributed by atoms with Gasteiger partial charge in [-0.25, -0.2) is 0 Å². The van der Waals surface area contributed by atoms with Gasteiger partial charge in [-0.05, 0) is 26.0 Å². The molecule has 0 aliphatic rings. The Balaban J connectivity index is 1.92. The summed E-state index contributed by atoms with van der Waals surface area (Å²) in [6, 6.07) is 7.85. The van der Waals surface area contributed by atoms with Crippen LogP contribution in [0.25, 0.3) is 0 Å². The zero-order valence-corrected chi connectivity index (χ0v) is 11.7. The Labute approximate surface area is 114 Å². The highest BCUT2D eigenvalue weighted by Crippen LogP contribution is 2.24. The molecule has 102 valence electrons. The van der Waals surface area contributed by atoms with Gasteiger partial charge in [0.2, 0.25) is 0 Å². The van der Waals surface area contributed by atoms with Crippen LogP contribution in [-0.2, 0) is 13.5 Å². The lowest BCUT2D eigenvalue weighted by atomic mass is 10.0. The average molecular weight is 259 g/mol. The van der Waals surface area contributed by atoms with Crippen molar-refractivity contribution in [1.29, 1.82) is 0 Å². The number of benzene rings is 1. The van der Waals surface area contributed by atoms with E-state index >= 15 is 0 Å². The molecule has 0 saturated heterocycles. The second kappa shape index (κ2) is 5.89. The molecule has 0 fully saturated rings. The van der Waals surface area contributed by atoms with E-state index in [0.717, 1.165) is 24.1 Å². The molecule has 4 heteroatoms. The summed E-state index contributed by atoms with van der Waals surface area (Å²) in [4.78, 5) is 0. The standard InChI is InChI=1S/C15H21N3O/c1-11-4-5-15(19)14(10-11)12(2)16-8-6-13-7-9-17-18(13)3/h4-5,7,9-10,12,16,19H,6,8H2,1-3H3. The fourth-order valence-electron chi connectivity index (χ4n) is 2.19. The number of aromatic hydroxyl groups is 1. The molecule has 0 radical (unpaired) electrons. The van der Waals surface area contributed by atoms with Gasteiger partial charge in [0.15, 0.2) is 0 Å². The molecule has 1 unspecified atom stereocenters. The summed E-state index contributed by atoms with van der Waals surface area (Å²) >= 11 is 0. The molecule has 0 saturated carbocycles. The van der Waals surface area contributed by atoms with E-state index in [0.29, 0.717) is 5.75 Å². The van der Waals surface area contributed by atoms with Crippen molar-refractivity contribution < 1.29 is 5.11 Å². The monoisotopic (exact) mass is 259 g/mol. The zero-order valence-electron chi connectivity index (χ0n) is 11.7. The van der Waals surface area contributed by atoms with Crippen molar-refractivity contribution in [3.63, 3.8) is 0 Å². The summed E-state index contributed by atoms with van der Waals surface area (Å²) < 4.78 is 1.89. The first-order valence-electron chi connectivity index (χ1n) is 6.57. The first-order chi connectivity index (χ1) is 9.08. The number of phenolic OH excluding ortho intramolecular Hbond substituents is 1. The molecule has 19 heavy (non-hydrogen) atoms. The maximum atomic E-state index is 9.88. The molecule has 0 aliphatic heterocycles. The van der Waals surface area contributed by atoms with Crippen LogP contribution in [0.15, 0.2) is 30.5 Å². The molecule has 4 nitrogen and oxygen atoms in total. The quantitative estimate of drug-likeness (QED) is 0.866. The Bertz CT molecular complexity index is 548. The van der Waals surface area contributed by atoms with E-state index in [4.69, 9.17) is 0 Å². The van der Waals surface area contributed by atoms with Crippen LogP contribution in [0.2, 0.25) is 0 Å². The summed E-state index contributed by atoms with van der Waals surface area (Å²) in [7, 11) is 1.95. The van der Waals surface area contributed by atoms with E-state index in [9.17, 15) is 5.11 Å². The van der Waals surface area contributed by atoms with Gasteiger partial charge in [-0.15, -0.1) is 0 Å². The molecule has 2 rings (SSSR count). The molecule has 0 aliphatic carbocycles. The van der Waals surface area contributed by atoms with Crippen LogP contribution >= 0.6 is 0 Å². The second-order valence-electron chi connectivity index (χ2n) is 4.93. The van der Waals surface area contributed by atoms with E-state index in [2.05, 4.69) is 17.3 Å². The van der Waals surface area contributed by atoms with Gasteiger partial charge in [0, 0.05) is 43.5 Å². The average Bonchev–Trinajstić information content (AvgIpc) is 2.78. The highest BCUT2D eigenvalue weighted by atomic mass is 16.3. The fourth-order valence-corrected chi connectivity index (χ4v) is 2.19. The van der Waals surface area contributed by atoms with Gasteiger partial charge in [-0.1, -0.05) is 17.7 Å². The Kier molecular flexibility index (Phi) is 4.22. The Morgan fingerprint density at radius 2 is 2.16 bits per heavy atom. The van der Waals surface area contributed by atoms with Crippen molar-refractivity contribution in [2.75, 3.05) is 6.54 Å². The van der Waals surface area contributed by atoms with Gasteiger partial charge in [-0.2, -0.15) is 5.10 Å². The minimum atomic E-state index is 0.133. The zero-order chi connectivity index (χ0) is 13.8. The van der Waals surface area contributed by atoms with Gasteiger partial charge in [0.05, 0.1) is 0 Å². The summed E-state index contributed by atoms with van der Waals surface area (Å²) in [5, 5.41) is 17.5. The molecule has 0 amide bonds. The Morgan fingerprint density at radius 3 is 2.84 bits per heavy atom. The van der Waals surface area contributed by atoms with Crippen LogP contribution in [0, 0.1) is 6.92 Å². The van der Waals surface area contributed by atoms with Gasteiger partial charge < -0.3 is 10.4 Å². The predicted octanol–water partition coefficient (Wildman–Crippen LogP) is 2.33. The summed E-state index contributed by atoms with van der Waals surface area (Å²) in [5.41, 5.74) is 3.31. The minimum Gasteiger partial charge on any atom is -0.508 e. The second-order valence-corrected chi connectivity index (χ2v) is 4.93. The van der Waals surface area contributed by atoms with Crippen molar-refractivity contribution in [2.24, 2.45) is 7.05 Å². The fraction of sp³-hybridized carbons (Fsp3) is 0.400. The van der Waals surface area contributed by atoms with E-state index in [1.54, 1.807) is 6.07 Å². The van der Waals surface area contributed by atoms with Crippen molar-refractivity contribution in [2.45, 2.75) is 26.3 Å². The van der Waals surface area contributed by atoms with Crippen molar-refractivity contribution >= 4 is 0 Å². The van der Waals surface area contributed by atoms with Crippen LogP contribution in [0.1, 0.15) is 29.8 Å². The minimum absolute atomic E-state index is 0.133. The summed E-state index contributed by atoms with van der Waals surface area (Å²) in [6.07, 6.45) is 2.73. The molecule has 2 aromatic rings. The molecule has 0 bridgehead atoms. The van der Waals surface area contributed by atoms with E-state index in [1.165, 1.54) is 5.69 Å². The molecule has 1 heterocycles. The number of aromatic nitrogens is 2. The number of hydrogen-bond donors (Lipinski definition) is 2. The highest BCUT2D eigenvalue weighted by molar-refractivity contribution is 5.37. The number of aryl methyl sites for hydroxylation is 2. The van der Waals surface area contributed by atoms with Crippen LogP contribution < -0.4 is 5.32 Å². The largest absolute Gasteiger partial charge is 0.508 e. The lowest BCUT2D eigenvalue weighted by Gasteiger charge is -2.16. The molecule has 1 aromatic carbocycles. The van der Waals surface area contributed by atoms with E-state index < -0.39 is 0 Å². The number of hydrogen-bond acceptors (Lipinski definition) is 3. The van der Waals surface area contributed by atoms with Crippen molar-refractivity contribution in [3.05, 3.63) is 47.3 Å². The lowest BCUT2D eigenvalue weighted by Crippen LogP contribution is -2.22. The summed E-state index contributed by atoms with van der Waals surface area (Å²) in [5.74, 6) is 0.353. The first-order valence-corrected chi connectivity index (χ1v) is 6.57. The molecular weight excluding hydrogens is 238 g/mol.